The molecule has 3 heterocycles. The standard InChI is InChI=1S/C33H40N8/c1-26-5-10-31-32(20-26)40-33(39-31)24-37-22-27-6-8-29(9-7-27)25-41(18-16-35-21-28-11-14-34-15-12-28)19-17-36-23-30-4-2-3-13-38-30/h2-15,20,35-37H,16-19,21-25H2,1H3,(H,39,40). The summed E-state index contributed by atoms with van der Waals surface area (Å²) in [5, 5.41) is 10.6. The number of rotatable bonds is 16. The molecule has 8 nitrogen and oxygen atoms in total. The van der Waals surface area contributed by atoms with E-state index in [1.54, 1.807) is 0 Å². The Morgan fingerprint density at radius 1 is 0.707 bits per heavy atom. The molecule has 212 valence electrons. The lowest BCUT2D eigenvalue weighted by molar-refractivity contribution is 0.264. The predicted molar refractivity (Wildman–Crippen MR) is 165 cm³/mol. The SMILES string of the molecule is Cc1ccc2[nH]c(CNCc3ccc(CN(CCNCc4ccncc4)CCNCc4ccccn4)cc3)nc2c1. The molecule has 5 rings (SSSR count). The van der Waals surface area contributed by atoms with Crippen LogP contribution in [0.2, 0.25) is 0 Å². The van der Waals surface area contributed by atoms with Gasteiger partial charge in [0.1, 0.15) is 5.82 Å². The first-order valence-electron chi connectivity index (χ1n) is 14.4. The first-order chi connectivity index (χ1) is 20.2. The van der Waals surface area contributed by atoms with Gasteiger partial charge in [-0.3, -0.25) is 14.9 Å². The Morgan fingerprint density at radius 3 is 2.22 bits per heavy atom. The van der Waals surface area contributed by atoms with Crippen LogP contribution >= 0.6 is 0 Å². The van der Waals surface area contributed by atoms with Crippen LogP contribution in [-0.4, -0.2) is 51.0 Å². The van der Waals surface area contributed by atoms with Gasteiger partial charge < -0.3 is 20.9 Å². The number of fused-ring (bicyclic) bond motifs is 1. The molecule has 0 fully saturated rings. The van der Waals surface area contributed by atoms with Crippen molar-refractivity contribution in [2.24, 2.45) is 0 Å². The Balaban J connectivity index is 1.09. The normalized spacial score (nSPS) is 11.5. The van der Waals surface area contributed by atoms with E-state index in [4.69, 9.17) is 4.98 Å². The highest BCUT2D eigenvalue weighted by Crippen LogP contribution is 2.13. The zero-order valence-electron chi connectivity index (χ0n) is 23.8. The van der Waals surface area contributed by atoms with Crippen LogP contribution in [0.1, 0.15) is 33.8 Å². The molecule has 41 heavy (non-hydrogen) atoms. The molecule has 0 saturated heterocycles. The van der Waals surface area contributed by atoms with E-state index in [1.807, 2.05) is 30.7 Å². The van der Waals surface area contributed by atoms with Gasteiger partial charge in [-0.05, 0) is 65.6 Å². The van der Waals surface area contributed by atoms with Gasteiger partial charge in [0.15, 0.2) is 0 Å². The van der Waals surface area contributed by atoms with E-state index in [0.29, 0.717) is 6.54 Å². The highest BCUT2D eigenvalue weighted by atomic mass is 15.1. The maximum Gasteiger partial charge on any atom is 0.121 e. The lowest BCUT2D eigenvalue weighted by Gasteiger charge is -2.23. The van der Waals surface area contributed by atoms with E-state index in [1.165, 1.54) is 22.3 Å². The summed E-state index contributed by atoms with van der Waals surface area (Å²) in [4.78, 5) is 19.1. The molecule has 0 bridgehead atoms. The first-order valence-corrected chi connectivity index (χ1v) is 14.4. The molecule has 8 heteroatoms. The van der Waals surface area contributed by atoms with E-state index in [0.717, 1.165) is 74.9 Å². The monoisotopic (exact) mass is 548 g/mol. The highest BCUT2D eigenvalue weighted by Gasteiger charge is 2.08. The Hall–Kier alpha value is -3.95. The minimum Gasteiger partial charge on any atom is -0.341 e. The summed E-state index contributed by atoms with van der Waals surface area (Å²) in [6.07, 6.45) is 5.53. The molecule has 5 aromatic rings. The van der Waals surface area contributed by atoms with Gasteiger partial charge in [-0.1, -0.05) is 36.4 Å². The molecule has 0 aliphatic rings. The number of aryl methyl sites for hydroxylation is 1. The smallest absolute Gasteiger partial charge is 0.121 e. The Labute approximate surface area is 242 Å². The fourth-order valence-electron chi connectivity index (χ4n) is 4.80. The van der Waals surface area contributed by atoms with Crippen molar-refractivity contribution in [3.63, 3.8) is 0 Å². The number of hydrogen-bond acceptors (Lipinski definition) is 7. The van der Waals surface area contributed by atoms with E-state index >= 15 is 0 Å². The second-order valence-electron chi connectivity index (χ2n) is 10.4. The topological polar surface area (TPSA) is 93.8 Å². The average Bonchev–Trinajstić information content (AvgIpc) is 3.41. The number of nitrogens with one attached hydrogen (secondary N) is 4. The minimum absolute atomic E-state index is 0.710. The molecule has 0 unspecified atom stereocenters. The molecule has 0 radical (unpaired) electrons. The van der Waals surface area contributed by atoms with Crippen LogP contribution in [0.3, 0.4) is 0 Å². The summed E-state index contributed by atoms with van der Waals surface area (Å²) in [7, 11) is 0. The molecule has 2 aromatic carbocycles. The summed E-state index contributed by atoms with van der Waals surface area (Å²) in [6, 6.07) is 25.4. The third-order valence-corrected chi connectivity index (χ3v) is 7.06. The van der Waals surface area contributed by atoms with Gasteiger partial charge in [-0.15, -0.1) is 0 Å². The lowest BCUT2D eigenvalue weighted by Crippen LogP contribution is -2.36. The lowest BCUT2D eigenvalue weighted by atomic mass is 10.1. The minimum atomic E-state index is 0.710. The van der Waals surface area contributed by atoms with Gasteiger partial charge in [0, 0.05) is 70.9 Å². The third-order valence-electron chi connectivity index (χ3n) is 7.06. The van der Waals surface area contributed by atoms with Crippen molar-refractivity contribution in [2.45, 2.75) is 39.6 Å². The summed E-state index contributed by atoms with van der Waals surface area (Å²) in [5.41, 5.74) is 8.24. The van der Waals surface area contributed by atoms with Crippen molar-refractivity contribution in [1.82, 2.24) is 40.8 Å². The van der Waals surface area contributed by atoms with Crippen molar-refractivity contribution >= 4 is 11.0 Å². The van der Waals surface area contributed by atoms with Crippen LogP contribution in [0.5, 0.6) is 0 Å². The number of nitrogens with zero attached hydrogens (tertiary/aromatic N) is 4. The van der Waals surface area contributed by atoms with E-state index in [-0.39, 0.29) is 0 Å². The Kier molecular flexibility index (Phi) is 10.6. The quantitative estimate of drug-likeness (QED) is 0.136. The maximum absolute atomic E-state index is 4.71. The molecule has 0 amide bonds. The van der Waals surface area contributed by atoms with Crippen molar-refractivity contribution in [1.29, 1.82) is 0 Å². The summed E-state index contributed by atoms with van der Waals surface area (Å²) >= 11 is 0. The van der Waals surface area contributed by atoms with Gasteiger partial charge in [0.25, 0.3) is 0 Å². The van der Waals surface area contributed by atoms with Crippen LogP contribution in [0.15, 0.2) is 91.4 Å². The average molecular weight is 549 g/mol. The van der Waals surface area contributed by atoms with Gasteiger partial charge >= 0.3 is 0 Å². The summed E-state index contributed by atoms with van der Waals surface area (Å²) in [6.45, 7) is 9.91. The van der Waals surface area contributed by atoms with Crippen LogP contribution < -0.4 is 16.0 Å². The number of imidazole rings is 1. The number of pyridine rings is 2. The number of hydrogen-bond donors (Lipinski definition) is 4. The zero-order valence-corrected chi connectivity index (χ0v) is 23.8. The predicted octanol–water partition coefficient (Wildman–Crippen LogP) is 4.33. The molecule has 0 atom stereocenters. The molecule has 0 saturated carbocycles. The van der Waals surface area contributed by atoms with Crippen molar-refractivity contribution < 1.29 is 0 Å². The Bertz CT molecular complexity index is 1400. The molecule has 0 aliphatic carbocycles. The number of benzene rings is 2. The van der Waals surface area contributed by atoms with Crippen molar-refractivity contribution in [3.05, 3.63) is 125 Å². The second-order valence-corrected chi connectivity index (χ2v) is 10.4. The number of aromatic amines is 1. The van der Waals surface area contributed by atoms with E-state index in [2.05, 4.69) is 103 Å². The maximum atomic E-state index is 4.71. The van der Waals surface area contributed by atoms with E-state index in [9.17, 15) is 0 Å². The zero-order chi connectivity index (χ0) is 28.1. The largest absolute Gasteiger partial charge is 0.341 e. The van der Waals surface area contributed by atoms with Crippen LogP contribution in [0.25, 0.3) is 11.0 Å². The van der Waals surface area contributed by atoms with Gasteiger partial charge in [0.2, 0.25) is 0 Å². The van der Waals surface area contributed by atoms with Gasteiger partial charge in [-0.2, -0.15) is 0 Å². The van der Waals surface area contributed by atoms with Crippen LogP contribution in [-0.2, 0) is 32.7 Å². The van der Waals surface area contributed by atoms with Crippen molar-refractivity contribution in [2.75, 3.05) is 26.2 Å². The second kappa shape index (κ2) is 15.2. The van der Waals surface area contributed by atoms with Gasteiger partial charge in [-0.25, -0.2) is 4.98 Å². The Morgan fingerprint density at radius 2 is 1.44 bits per heavy atom. The van der Waals surface area contributed by atoms with E-state index < -0.39 is 0 Å². The van der Waals surface area contributed by atoms with Crippen molar-refractivity contribution in [3.8, 4) is 0 Å². The molecule has 4 N–H and O–H groups in total. The van der Waals surface area contributed by atoms with Crippen LogP contribution in [0.4, 0.5) is 0 Å². The first kappa shape index (κ1) is 28.6. The number of H-pyrrole nitrogens is 1. The van der Waals surface area contributed by atoms with Gasteiger partial charge in [0.05, 0.1) is 23.3 Å². The van der Waals surface area contributed by atoms with Crippen LogP contribution in [0, 0.1) is 6.92 Å². The third kappa shape index (κ3) is 9.30. The summed E-state index contributed by atoms with van der Waals surface area (Å²) in [5.74, 6) is 0.965. The fourth-order valence-corrected chi connectivity index (χ4v) is 4.80. The molecular formula is C33H40N8. The summed E-state index contributed by atoms with van der Waals surface area (Å²) < 4.78 is 0. The fraction of sp³-hybridized carbons (Fsp3) is 0.303. The molecule has 0 spiro atoms. The number of aromatic nitrogens is 4. The highest BCUT2D eigenvalue weighted by molar-refractivity contribution is 5.75. The molecular weight excluding hydrogens is 508 g/mol. The molecule has 3 aromatic heterocycles. The molecule has 0 aliphatic heterocycles.